The van der Waals surface area contributed by atoms with E-state index in [9.17, 15) is 13.2 Å². The summed E-state index contributed by atoms with van der Waals surface area (Å²) in [5.41, 5.74) is 8.13. The van der Waals surface area contributed by atoms with Crippen LogP contribution in [-0.4, -0.2) is 62.2 Å². The smallest absolute Gasteiger partial charge is 0.281 e. The summed E-state index contributed by atoms with van der Waals surface area (Å²) in [5, 5.41) is 0. The molecular formula is C20H32N4O3S. The standard InChI is InChI=1S/C20H32N4O3S/c1-4-23-13-17(14-24(5-2)28(23,26)27)16-6-7-18(20(21)25)19(12-16)22-10-8-15(3)9-11-22/h6-7,12,15,17H,4-5,8-11,13-14H2,1-3H3,(H2,21,25). The van der Waals surface area contributed by atoms with Crippen molar-refractivity contribution in [2.24, 2.45) is 11.7 Å². The molecule has 2 fully saturated rings. The molecule has 1 aromatic rings. The van der Waals surface area contributed by atoms with Crippen molar-refractivity contribution in [2.75, 3.05) is 44.2 Å². The van der Waals surface area contributed by atoms with E-state index >= 15 is 0 Å². The minimum absolute atomic E-state index is 0.0628. The average Bonchev–Trinajstić information content (AvgIpc) is 2.67. The molecule has 2 aliphatic rings. The third-order valence-electron chi connectivity index (χ3n) is 6.09. The Morgan fingerprint density at radius 1 is 1.11 bits per heavy atom. The highest BCUT2D eigenvalue weighted by Gasteiger charge is 2.37. The van der Waals surface area contributed by atoms with Gasteiger partial charge in [-0.3, -0.25) is 4.79 Å². The number of piperidine rings is 1. The summed E-state index contributed by atoms with van der Waals surface area (Å²) in [4.78, 5) is 14.2. The molecule has 1 amide bonds. The number of carbonyl (C=O) groups excluding carboxylic acids is 1. The number of primary amides is 1. The monoisotopic (exact) mass is 408 g/mol. The van der Waals surface area contributed by atoms with Crippen molar-refractivity contribution >= 4 is 21.8 Å². The Labute approximate surface area is 168 Å². The van der Waals surface area contributed by atoms with Gasteiger partial charge in [-0.25, -0.2) is 0 Å². The third kappa shape index (κ3) is 4.04. The Bertz CT molecular complexity index is 799. The van der Waals surface area contributed by atoms with Gasteiger partial charge in [-0.05, 0) is 36.5 Å². The van der Waals surface area contributed by atoms with Crippen LogP contribution in [0.4, 0.5) is 5.69 Å². The number of nitrogens with two attached hydrogens (primary N) is 1. The highest BCUT2D eigenvalue weighted by Crippen LogP contribution is 2.33. The van der Waals surface area contributed by atoms with Crippen LogP contribution in [0.1, 0.15) is 55.5 Å². The first-order valence-corrected chi connectivity index (χ1v) is 11.6. The molecule has 8 heteroatoms. The summed E-state index contributed by atoms with van der Waals surface area (Å²) in [6.07, 6.45) is 2.19. The quantitative estimate of drug-likeness (QED) is 0.807. The fourth-order valence-electron chi connectivity index (χ4n) is 4.22. The zero-order valence-corrected chi connectivity index (χ0v) is 17.9. The fourth-order valence-corrected chi connectivity index (χ4v) is 5.93. The summed E-state index contributed by atoms with van der Waals surface area (Å²) in [6, 6.07) is 5.79. The molecule has 2 saturated heterocycles. The molecule has 0 unspecified atom stereocenters. The summed E-state index contributed by atoms with van der Waals surface area (Å²) in [5.74, 6) is 0.334. The summed E-state index contributed by atoms with van der Waals surface area (Å²) in [6.45, 7) is 9.62. The van der Waals surface area contributed by atoms with Crippen LogP contribution in [0.5, 0.6) is 0 Å². The molecule has 0 aromatic heterocycles. The molecule has 156 valence electrons. The van der Waals surface area contributed by atoms with Gasteiger partial charge in [-0.1, -0.05) is 26.8 Å². The molecule has 2 aliphatic heterocycles. The van der Waals surface area contributed by atoms with E-state index in [2.05, 4.69) is 17.9 Å². The molecular weight excluding hydrogens is 376 g/mol. The first kappa shape index (κ1) is 21.1. The third-order valence-corrected chi connectivity index (χ3v) is 8.21. The Balaban J connectivity index is 1.94. The number of hydrogen-bond acceptors (Lipinski definition) is 4. The topological polar surface area (TPSA) is 86.9 Å². The van der Waals surface area contributed by atoms with E-state index in [0.717, 1.165) is 37.2 Å². The van der Waals surface area contributed by atoms with Crippen molar-refractivity contribution in [3.63, 3.8) is 0 Å². The Hall–Kier alpha value is -1.64. The summed E-state index contributed by atoms with van der Waals surface area (Å²) < 4.78 is 28.3. The van der Waals surface area contributed by atoms with Gasteiger partial charge < -0.3 is 10.6 Å². The first-order chi connectivity index (χ1) is 13.3. The van der Waals surface area contributed by atoms with E-state index in [1.807, 2.05) is 19.9 Å². The van der Waals surface area contributed by atoms with Gasteiger partial charge in [0.2, 0.25) is 0 Å². The van der Waals surface area contributed by atoms with Crippen LogP contribution >= 0.6 is 0 Å². The molecule has 1 aromatic carbocycles. The number of rotatable bonds is 5. The van der Waals surface area contributed by atoms with E-state index in [4.69, 9.17) is 5.73 Å². The molecule has 0 bridgehead atoms. The lowest BCUT2D eigenvalue weighted by molar-refractivity contribution is 0.100. The second kappa shape index (κ2) is 8.39. The lowest BCUT2D eigenvalue weighted by atomic mass is 9.93. The molecule has 3 rings (SSSR count). The number of benzene rings is 1. The second-order valence-electron chi connectivity index (χ2n) is 7.92. The fraction of sp³-hybridized carbons (Fsp3) is 0.650. The lowest BCUT2D eigenvalue weighted by Crippen LogP contribution is -2.52. The predicted octanol–water partition coefficient (Wildman–Crippen LogP) is 2.01. The Morgan fingerprint density at radius 3 is 2.18 bits per heavy atom. The van der Waals surface area contributed by atoms with Crippen LogP contribution in [0, 0.1) is 5.92 Å². The molecule has 28 heavy (non-hydrogen) atoms. The Morgan fingerprint density at radius 2 is 1.68 bits per heavy atom. The van der Waals surface area contributed by atoms with Crippen molar-refractivity contribution < 1.29 is 13.2 Å². The molecule has 0 radical (unpaired) electrons. The zero-order chi connectivity index (χ0) is 20.5. The molecule has 0 atom stereocenters. The van der Waals surface area contributed by atoms with Gasteiger partial charge in [0.1, 0.15) is 0 Å². The molecule has 2 N–H and O–H groups in total. The van der Waals surface area contributed by atoms with Gasteiger partial charge in [-0.2, -0.15) is 17.0 Å². The van der Waals surface area contributed by atoms with Crippen LogP contribution < -0.4 is 10.6 Å². The highest BCUT2D eigenvalue weighted by atomic mass is 32.2. The summed E-state index contributed by atoms with van der Waals surface area (Å²) >= 11 is 0. The van der Waals surface area contributed by atoms with Crippen LogP contribution in [0.25, 0.3) is 0 Å². The van der Waals surface area contributed by atoms with Crippen LogP contribution in [0.2, 0.25) is 0 Å². The molecule has 0 saturated carbocycles. The van der Waals surface area contributed by atoms with Crippen LogP contribution in [0.15, 0.2) is 18.2 Å². The van der Waals surface area contributed by atoms with E-state index in [1.165, 1.54) is 8.61 Å². The second-order valence-corrected chi connectivity index (χ2v) is 9.84. The van der Waals surface area contributed by atoms with Crippen LogP contribution in [0.3, 0.4) is 0 Å². The van der Waals surface area contributed by atoms with Gasteiger partial charge >= 0.3 is 0 Å². The molecule has 0 spiro atoms. The number of amides is 1. The van der Waals surface area contributed by atoms with E-state index < -0.39 is 16.1 Å². The number of nitrogens with zero attached hydrogens (tertiary/aromatic N) is 3. The average molecular weight is 409 g/mol. The minimum Gasteiger partial charge on any atom is -0.371 e. The number of anilines is 1. The van der Waals surface area contributed by atoms with Gasteiger partial charge in [-0.15, -0.1) is 0 Å². The van der Waals surface area contributed by atoms with Crippen molar-refractivity contribution in [3.05, 3.63) is 29.3 Å². The zero-order valence-electron chi connectivity index (χ0n) is 17.1. The highest BCUT2D eigenvalue weighted by molar-refractivity contribution is 7.86. The molecule has 2 heterocycles. The minimum atomic E-state index is -3.38. The number of hydrogen-bond donors (Lipinski definition) is 1. The normalized spacial score (nSPS) is 22.5. The number of carbonyl (C=O) groups is 1. The summed E-state index contributed by atoms with van der Waals surface area (Å²) in [7, 11) is -3.38. The maximum Gasteiger partial charge on any atom is 0.281 e. The van der Waals surface area contributed by atoms with Crippen molar-refractivity contribution in [2.45, 2.75) is 39.5 Å². The van der Waals surface area contributed by atoms with Crippen molar-refractivity contribution in [1.29, 1.82) is 0 Å². The van der Waals surface area contributed by atoms with E-state index in [0.29, 0.717) is 37.7 Å². The van der Waals surface area contributed by atoms with E-state index in [-0.39, 0.29) is 5.92 Å². The SMILES string of the molecule is CCN1CC(c2ccc(C(N)=O)c(N3CCC(C)CC3)c2)CN(CC)S1(=O)=O. The Kier molecular flexibility index (Phi) is 6.31. The maximum atomic E-state index is 12.6. The largest absolute Gasteiger partial charge is 0.371 e. The number of likely N-dealkylation sites (N-methyl/N-ethyl adjacent to an activating group) is 2. The molecule has 0 aliphatic carbocycles. The van der Waals surface area contributed by atoms with Gasteiger partial charge in [0.25, 0.3) is 16.1 Å². The van der Waals surface area contributed by atoms with Gasteiger partial charge in [0.05, 0.1) is 5.56 Å². The van der Waals surface area contributed by atoms with Gasteiger partial charge in [0, 0.05) is 50.9 Å². The lowest BCUT2D eigenvalue weighted by Gasteiger charge is -2.39. The molecule has 7 nitrogen and oxygen atoms in total. The van der Waals surface area contributed by atoms with Crippen molar-refractivity contribution in [1.82, 2.24) is 8.61 Å². The van der Waals surface area contributed by atoms with E-state index in [1.54, 1.807) is 6.07 Å². The van der Waals surface area contributed by atoms with Gasteiger partial charge in [0.15, 0.2) is 0 Å². The predicted molar refractivity (Wildman–Crippen MR) is 112 cm³/mol. The maximum absolute atomic E-state index is 12.6. The first-order valence-electron chi connectivity index (χ1n) is 10.2. The van der Waals surface area contributed by atoms with Crippen molar-refractivity contribution in [3.8, 4) is 0 Å². The van der Waals surface area contributed by atoms with Crippen LogP contribution in [-0.2, 0) is 10.2 Å².